The number of aliphatic imine (C=N–C) groups is 1. The van der Waals surface area contributed by atoms with Crippen molar-refractivity contribution in [3.05, 3.63) is 87.0 Å². The molecule has 1 amide bonds. The summed E-state index contributed by atoms with van der Waals surface area (Å²) in [5, 5.41) is 4.15. The molecule has 1 saturated heterocycles. The van der Waals surface area contributed by atoms with Gasteiger partial charge in [0.15, 0.2) is 5.17 Å². The number of amidine groups is 1. The van der Waals surface area contributed by atoms with Gasteiger partial charge in [-0.15, -0.1) is 0 Å². The van der Waals surface area contributed by atoms with Gasteiger partial charge in [0.25, 0.3) is 5.91 Å². The van der Waals surface area contributed by atoms with Crippen LogP contribution in [0.2, 0.25) is 5.02 Å². The third kappa shape index (κ3) is 4.16. The average Bonchev–Trinajstić information content (AvgIpc) is 3.17. The summed E-state index contributed by atoms with van der Waals surface area (Å²) in [7, 11) is 0. The van der Waals surface area contributed by atoms with Crippen LogP contribution in [0.4, 0.5) is 5.69 Å². The van der Waals surface area contributed by atoms with E-state index < -0.39 is 0 Å². The van der Waals surface area contributed by atoms with Crippen molar-refractivity contribution in [1.29, 1.82) is 0 Å². The van der Waals surface area contributed by atoms with E-state index in [0.29, 0.717) is 15.1 Å². The highest BCUT2D eigenvalue weighted by Gasteiger charge is 2.24. The molecule has 0 aliphatic carbocycles. The number of benzene rings is 2. The van der Waals surface area contributed by atoms with Gasteiger partial charge in [0.2, 0.25) is 0 Å². The molecule has 0 bridgehead atoms. The monoisotopic (exact) mass is 421 g/mol. The minimum Gasteiger partial charge on any atom is -0.318 e. The zero-order chi connectivity index (χ0) is 20.5. The summed E-state index contributed by atoms with van der Waals surface area (Å²) in [5.41, 5.74) is 6.20. The lowest BCUT2D eigenvalue weighted by molar-refractivity contribution is -0.115. The zero-order valence-corrected chi connectivity index (χ0v) is 17.9. The molecule has 0 spiro atoms. The smallest absolute Gasteiger partial charge is 0.264 e. The van der Waals surface area contributed by atoms with Gasteiger partial charge in [0.1, 0.15) is 0 Å². The molecule has 3 aromatic rings. The first-order valence-electron chi connectivity index (χ1n) is 9.22. The van der Waals surface area contributed by atoms with E-state index in [2.05, 4.69) is 27.9 Å². The van der Waals surface area contributed by atoms with Crippen molar-refractivity contribution in [2.75, 3.05) is 0 Å². The van der Waals surface area contributed by atoms with Crippen LogP contribution in [-0.2, 0) is 4.79 Å². The second-order valence-electron chi connectivity index (χ2n) is 6.96. The predicted octanol–water partition coefficient (Wildman–Crippen LogP) is 5.95. The average molecular weight is 422 g/mol. The molecule has 1 aliphatic rings. The predicted molar refractivity (Wildman–Crippen MR) is 122 cm³/mol. The van der Waals surface area contributed by atoms with E-state index in [1.54, 1.807) is 0 Å². The van der Waals surface area contributed by atoms with Crippen molar-refractivity contribution in [2.24, 2.45) is 4.99 Å². The Hall–Kier alpha value is -2.76. The van der Waals surface area contributed by atoms with Gasteiger partial charge in [-0.2, -0.15) is 0 Å². The van der Waals surface area contributed by atoms with Crippen molar-refractivity contribution in [2.45, 2.75) is 20.8 Å². The molecule has 1 N–H and O–H groups in total. The molecule has 0 radical (unpaired) electrons. The maximum Gasteiger partial charge on any atom is 0.264 e. The first-order valence-corrected chi connectivity index (χ1v) is 10.4. The Labute approximate surface area is 179 Å². The normalized spacial score (nSPS) is 16.6. The molecule has 0 atom stereocenters. The molecular formula is C23H20ClN3OS. The highest BCUT2D eigenvalue weighted by atomic mass is 35.5. The van der Waals surface area contributed by atoms with Crippen LogP contribution >= 0.6 is 23.4 Å². The lowest BCUT2D eigenvalue weighted by atomic mass is 10.2. The molecule has 4 nitrogen and oxygen atoms in total. The molecule has 6 heteroatoms. The summed E-state index contributed by atoms with van der Waals surface area (Å²) in [4.78, 5) is 17.6. The van der Waals surface area contributed by atoms with E-state index in [0.717, 1.165) is 28.3 Å². The molecule has 29 heavy (non-hydrogen) atoms. The molecule has 0 saturated carbocycles. The maximum absolute atomic E-state index is 12.4. The fourth-order valence-corrected chi connectivity index (χ4v) is 4.24. The molecule has 2 heterocycles. The van der Waals surface area contributed by atoms with Gasteiger partial charge in [-0.25, -0.2) is 4.99 Å². The number of halogens is 1. The molecule has 1 aliphatic heterocycles. The van der Waals surface area contributed by atoms with Crippen molar-refractivity contribution in [3.63, 3.8) is 0 Å². The Morgan fingerprint density at radius 3 is 2.41 bits per heavy atom. The van der Waals surface area contributed by atoms with Crippen LogP contribution in [0.1, 0.15) is 22.5 Å². The second kappa shape index (κ2) is 7.93. The topological polar surface area (TPSA) is 46.4 Å². The van der Waals surface area contributed by atoms with Gasteiger partial charge < -0.3 is 9.88 Å². The number of rotatable bonds is 3. The van der Waals surface area contributed by atoms with E-state index >= 15 is 0 Å². The SMILES string of the molecule is Cc1ccc(N=C2NC(=O)/C(=C/c3cc(C)n(-c4ccc(Cl)cc4)c3C)S2)cc1. The van der Waals surface area contributed by atoms with E-state index in [4.69, 9.17) is 11.6 Å². The Bertz CT molecular complexity index is 1140. The van der Waals surface area contributed by atoms with Crippen molar-refractivity contribution in [3.8, 4) is 5.69 Å². The quantitative estimate of drug-likeness (QED) is 0.531. The molecule has 2 aromatic carbocycles. The molecular weight excluding hydrogens is 402 g/mol. The maximum atomic E-state index is 12.4. The number of nitrogens with zero attached hydrogens (tertiary/aromatic N) is 2. The second-order valence-corrected chi connectivity index (χ2v) is 8.42. The number of aryl methyl sites for hydroxylation is 2. The van der Waals surface area contributed by atoms with Gasteiger partial charge in [-0.1, -0.05) is 29.3 Å². The third-order valence-corrected chi connectivity index (χ3v) is 5.92. The number of hydrogen-bond acceptors (Lipinski definition) is 3. The van der Waals surface area contributed by atoms with E-state index in [-0.39, 0.29) is 5.91 Å². The summed E-state index contributed by atoms with van der Waals surface area (Å²) in [5.74, 6) is -0.128. The van der Waals surface area contributed by atoms with Crippen LogP contribution < -0.4 is 5.32 Å². The molecule has 4 rings (SSSR count). The molecule has 1 fully saturated rings. The fraction of sp³-hybridized carbons (Fsp3) is 0.130. The highest BCUT2D eigenvalue weighted by Crippen LogP contribution is 2.30. The van der Waals surface area contributed by atoms with Crippen LogP contribution in [0.5, 0.6) is 0 Å². The Balaban J connectivity index is 1.63. The summed E-state index contributed by atoms with van der Waals surface area (Å²) in [6, 6.07) is 17.7. The number of carbonyl (C=O) groups excluding carboxylic acids is 1. The van der Waals surface area contributed by atoms with Gasteiger partial charge in [0, 0.05) is 22.1 Å². The van der Waals surface area contributed by atoms with E-state index in [1.165, 1.54) is 17.3 Å². The number of carbonyl (C=O) groups is 1. The Kier molecular flexibility index (Phi) is 5.35. The highest BCUT2D eigenvalue weighted by molar-refractivity contribution is 8.18. The number of thioether (sulfide) groups is 1. The summed E-state index contributed by atoms with van der Waals surface area (Å²) >= 11 is 7.37. The van der Waals surface area contributed by atoms with Crippen LogP contribution in [0.15, 0.2) is 64.5 Å². The third-order valence-electron chi connectivity index (χ3n) is 4.76. The summed E-state index contributed by atoms with van der Waals surface area (Å²) in [6.45, 7) is 6.13. The molecule has 1 aromatic heterocycles. The van der Waals surface area contributed by atoms with Crippen molar-refractivity contribution >= 4 is 46.2 Å². The van der Waals surface area contributed by atoms with Gasteiger partial charge in [-0.05, 0) is 86.6 Å². The van der Waals surface area contributed by atoms with Crippen LogP contribution in [0.25, 0.3) is 11.8 Å². The fourth-order valence-electron chi connectivity index (χ4n) is 3.28. The summed E-state index contributed by atoms with van der Waals surface area (Å²) in [6.07, 6.45) is 1.92. The Morgan fingerprint density at radius 2 is 1.72 bits per heavy atom. The number of nitrogens with one attached hydrogen (secondary N) is 1. The van der Waals surface area contributed by atoms with Gasteiger partial charge in [-0.3, -0.25) is 4.79 Å². The lowest BCUT2D eigenvalue weighted by Gasteiger charge is -2.09. The van der Waals surface area contributed by atoms with Crippen LogP contribution in [0.3, 0.4) is 0 Å². The standard InChI is InChI=1S/C23H20ClN3OS/c1-14-4-8-19(9-5-14)25-23-26-22(28)21(29-23)13-17-12-15(2)27(16(17)3)20-10-6-18(24)7-11-20/h4-13H,1-3H3,(H,25,26,28)/b21-13-. The lowest BCUT2D eigenvalue weighted by Crippen LogP contribution is -2.19. The van der Waals surface area contributed by atoms with Gasteiger partial charge in [0.05, 0.1) is 10.6 Å². The number of amides is 1. The largest absolute Gasteiger partial charge is 0.318 e. The number of hydrogen-bond donors (Lipinski definition) is 1. The molecule has 0 unspecified atom stereocenters. The molecule has 146 valence electrons. The zero-order valence-electron chi connectivity index (χ0n) is 16.4. The summed E-state index contributed by atoms with van der Waals surface area (Å²) < 4.78 is 2.15. The van der Waals surface area contributed by atoms with E-state index in [1.807, 2.05) is 68.5 Å². The van der Waals surface area contributed by atoms with Crippen molar-refractivity contribution in [1.82, 2.24) is 9.88 Å². The Morgan fingerprint density at radius 1 is 1.03 bits per heavy atom. The van der Waals surface area contributed by atoms with E-state index in [9.17, 15) is 4.79 Å². The minimum atomic E-state index is -0.128. The first-order chi connectivity index (χ1) is 13.9. The van der Waals surface area contributed by atoms with Gasteiger partial charge >= 0.3 is 0 Å². The first kappa shape index (κ1) is 19.6. The minimum absolute atomic E-state index is 0.128. The number of aromatic nitrogens is 1. The van der Waals surface area contributed by atoms with Crippen molar-refractivity contribution < 1.29 is 4.79 Å². The van der Waals surface area contributed by atoms with Crippen LogP contribution in [0, 0.1) is 20.8 Å². The van der Waals surface area contributed by atoms with Crippen LogP contribution in [-0.4, -0.2) is 15.6 Å².